The Balaban J connectivity index is 0.00000144. The third-order valence-corrected chi connectivity index (χ3v) is 2.26. The van der Waals surface area contributed by atoms with Gasteiger partial charge in [0.1, 0.15) is 5.75 Å². The van der Waals surface area contributed by atoms with Gasteiger partial charge < -0.3 is 10.1 Å². The van der Waals surface area contributed by atoms with Gasteiger partial charge in [-0.05, 0) is 30.3 Å². The summed E-state index contributed by atoms with van der Waals surface area (Å²) in [7, 11) is 3.45. The van der Waals surface area contributed by atoms with E-state index in [-0.39, 0.29) is 12.4 Å². The lowest BCUT2D eigenvalue weighted by Crippen LogP contribution is -1.96. The molecule has 0 saturated heterocycles. The summed E-state index contributed by atoms with van der Waals surface area (Å²) in [5.41, 5.74) is 1.93. The predicted molar refractivity (Wildman–Crippen MR) is 70.8 cm³/mol. The molecule has 2 aromatic rings. The molecular weight excluding hydrogens is 238 g/mol. The average molecular weight is 252 g/mol. The summed E-state index contributed by atoms with van der Waals surface area (Å²) in [6.45, 7) is 0. The number of nitrogens with zero attached hydrogens (tertiary/aromatic N) is 2. The molecule has 0 atom stereocenters. The molecule has 5 heteroatoms. The molecule has 17 heavy (non-hydrogen) atoms. The predicted octanol–water partition coefficient (Wildman–Crippen LogP) is 2.62. The van der Waals surface area contributed by atoms with E-state index in [4.69, 9.17) is 4.74 Å². The van der Waals surface area contributed by atoms with Gasteiger partial charge in [0.2, 0.25) is 5.95 Å². The van der Waals surface area contributed by atoms with Crippen molar-refractivity contribution >= 4 is 18.4 Å². The third kappa shape index (κ3) is 3.07. The Hall–Kier alpha value is -1.81. The largest absolute Gasteiger partial charge is 0.497 e. The van der Waals surface area contributed by atoms with Gasteiger partial charge in [0, 0.05) is 18.8 Å². The van der Waals surface area contributed by atoms with Crippen LogP contribution in [-0.2, 0) is 0 Å². The van der Waals surface area contributed by atoms with Gasteiger partial charge in [0.25, 0.3) is 0 Å². The van der Waals surface area contributed by atoms with Crippen molar-refractivity contribution in [1.82, 2.24) is 9.97 Å². The summed E-state index contributed by atoms with van der Waals surface area (Å²) in [4.78, 5) is 8.42. The zero-order valence-corrected chi connectivity index (χ0v) is 10.5. The van der Waals surface area contributed by atoms with Crippen LogP contribution in [0.1, 0.15) is 0 Å². The van der Waals surface area contributed by atoms with Crippen LogP contribution >= 0.6 is 12.4 Å². The smallest absolute Gasteiger partial charge is 0.222 e. The van der Waals surface area contributed by atoms with Gasteiger partial charge in [0.15, 0.2) is 0 Å². The number of anilines is 1. The summed E-state index contributed by atoms with van der Waals surface area (Å²) >= 11 is 0. The molecule has 2 rings (SSSR count). The molecule has 0 spiro atoms. The molecule has 0 bridgehead atoms. The first-order valence-corrected chi connectivity index (χ1v) is 4.98. The second-order valence-electron chi connectivity index (χ2n) is 3.24. The second kappa shape index (κ2) is 6.06. The first-order valence-electron chi connectivity index (χ1n) is 4.98. The van der Waals surface area contributed by atoms with E-state index in [0.717, 1.165) is 17.0 Å². The van der Waals surface area contributed by atoms with E-state index < -0.39 is 0 Å². The Labute approximate surface area is 106 Å². The highest BCUT2D eigenvalue weighted by atomic mass is 35.5. The van der Waals surface area contributed by atoms with Crippen molar-refractivity contribution in [3.05, 3.63) is 36.5 Å². The molecule has 1 aromatic heterocycles. The van der Waals surface area contributed by atoms with Crippen molar-refractivity contribution in [2.24, 2.45) is 0 Å². The van der Waals surface area contributed by atoms with E-state index in [1.165, 1.54) is 0 Å². The maximum absolute atomic E-state index is 5.10. The second-order valence-corrected chi connectivity index (χ2v) is 3.24. The Morgan fingerprint density at radius 1 is 1.12 bits per heavy atom. The normalized spacial score (nSPS) is 9.29. The van der Waals surface area contributed by atoms with Crippen molar-refractivity contribution in [2.45, 2.75) is 0 Å². The van der Waals surface area contributed by atoms with Crippen molar-refractivity contribution in [3.8, 4) is 17.0 Å². The zero-order valence-electron chi connectivity index (χ0n) is 9.68. The van der Waals surface area contributed by atoms with Gasteiger partial charge in [0.05, 0.1) is 12.8 Å². The van der Waals surface area contributed by atoms with Gasteiger partial charge in [-0.15, -0.1) is 12.4 Å². The quantitative estimate of drug-likeness (QED) is 0.911. The lowest BCUT2D eigenvalue weighted by atomic mass is 10.1. The van der Waals surface area contributed by atoms with Crippen LogP contribution in [-0.4, -0.2) is 24.1 Å². The average Bonchev–Trinajstić information content (AvgIpc) is 2.39. The number of hydrogen-bond acceptors (Lipinski definition) is 4. The molecule has 0 saturated carbocycles. The highest BCUT2D eigenvalue weighted by Crippen LogP contribution is 2.20. The van der Waals surface area contributed by atoms with Crippen LogP contribution < -0.4 is 10.1 Å². The van der Waals surface area contributed by atoms with Crippen LogP contribution in [0.15, 0.2) is 36.5 Å². The molecule has 1 aromatic carbocycles. The van der Waals surface area contributed by atoms with Crippen LogP contribution in [0.2, 0.25) is 0 Å². The number of nitrogens with one attached hydrogen (secondary N) is 1. The number of aromatic nitrogens is 2. The number of benzene rings is 1. The lowest BCUT2D eigenvalue weighted by Gasteiger charge is -2.04. The Morgan fingerprint density at radius 3 is 2.41 bits per heavy atom. The maximum Gasteiger partial charge on any atom is 0.222 e. The molecule has 0 aliphatic heterocycles. The van der Waals surface area contributed by atoms with E-state index in [1.807, 2.05) is 30.3 Å². The fourth-order valence-electron chi connectivity index (χ4n) is 1.40. The highest BCUT2D eigenvalue weighted by molar-refractivity contribution is 5.85. The number of halogens is 1. The Bertz CT molecular complexity index is 473. The number of rotatable bonds is 3. The van der Waals surface area contributed by atoms with Gasteiger partial charge in [-0.2, -0.15) is 0 Å². The minimum absolute atomic E-state index is 0. The monoisotopic (exact) mass is 251 g/mol. The highest BCUT2D eigenvalue weighted by Gasteiger charge is 2.01. The molecule has 0 aliphatic carbocycles. The molecule has 0 aliphatic rings. The molecule has 1 N–H and O–H groups in total. The molecule has 90 valence electrons. The summed E-state index contributed by atoms with van der Waals surface area (Å²) in [5, 5.41) is 2.91. The number of ether oxygens (including phenoxy) is 1. The SMILES string of the molecule is CNc1nccc(-c2ccc(OC)cc2)n1.Cl. The third-order valence-electron chi connectivity index (χ3n) is 2.26. The van der Waals surface area contributed by atoms with E-state index in [2.05, 4.69) is 15.3 Å². The zero-order chi connectivity index (χ0) is 11.4. The Morgan fingerprint density at radius 2 is 1.82 bits per heavy atom. The fraction of sp³-hybridized carbons (Fsp3) is 0.167. The van der Waals surface area contributed by atoms with Gasteiger partial charge in [-0.1, -0.05) is 0 Å². The van der Waals surface area contributed by atoms with Crippen LogP contribution in [0.25, 0.3) is 11.3 Å². The van der Waals surface area contributed by atoms with Crippen molar-refractivity contribution in [1.29, 1.82) is 0 Å². The van der Waals surface area contributed by atoms with Crippen LogP contribution in [0.3, 0.4) is 0 Å². The van der Waals surface area contributed by atoms with Crippen molar-refractivity contribution < 1.29 is 4.74 Å². The molecular formula is C12H14ClN3O. The molecule has 0 radical (unpaired) electrons. The molecule has 1 heterocycles. The Kier molecular flexibility index (Phi) is 4.72. The van der Waals surface area contributed by atoms with E-state index in [0.29, 0.717) is 5.95 Å². The van der Waals surface area contributed by atoms with Gasteiger partial charge >= 0.3 is 0 Å². The summed E-state index contributed by atoms with van der Waals surface area (Å²) in [6.07, 6.45) is 1.73. The van der Waals surface area contributed by atoms with E-state index >= 15 is 0 Å². The summed E-state index contributed by atoms with van der Waals surface area (Å²) in [5.74, 6) is 1.46. The maximum atomic E-state index is 5.10. The van der Waals surface area contributed by atoms with E-state index in [1.54, 1.807) is 20.4 Å². The minimum Gasteiger partial charge on any atom is -0.497 e. The lowest BCUT2D eigenvalue weighted by molar-refractivity contribution is 0.415. The molecule has 0 amide bonds. The summed E-state index contributed by atoms with van der Waals surface area (Å²) < 4.78 is 5.10. The van der Waals surface area contributed by atoms with Gasteiger partial charge in [-0.3, -0.25) is 0 Å². The van der Waals surface area contributed by atoms with Crippen molar-refractivity contribution in [3.63, 3.8) is 0 Å². The van der Waals surface area contributed by atoms with Crippen molar-refractivity contribution in [2.75, 3.05) is 19.5 Å². The molecule has 0 unspecified atom stereocenters. The van der Waals surface area contributed by atoms with Crippen LogP contribution in [0.4, 0.5) is 5.95 Å². The molecule has 4 nitrogen and oxygen atoms in total. The number of hydrogen-bond donors (Lipinski definition) is 1. The minimum atomic E-state index is 0. The first-order chi connectivity index (χ1) is 7.83. The molecule has 0 fully saturated rings. The fourth-order valence-corrected chi connectivity index (χ4v) is 1.40. The summed E-state index contributed by atoms with van der Waals surface area (Å²) in [6, 6.07) is 9.65. The topological polar surface area (TPSA) is 47.0 Å². The number of methoxy groups -OCH3 is 1. The van der Waals surface area contributed by atoms with E-state index in [9.17, 15) is 0 Å². The van der Waals surface area contributed by atoms with Gasteiger partial charge in [-0.25, -0.2) is 9.97 Å². The first kappa shape index (κ1) is 13.3. The van der Waals surface area contributed by atoms with Crippen LogP contribution in [0, 0.1) is 0 Å². The van der Waals surface area contributed by atoms with Crippen LogP contribution in [0.5, 0.6) is 5.75 Å². The standard InChI is InChI=1S/C12H13N3O.ClH/c1-13-12-14-8-7-11(15-12)9-3-5-10(16-2)6-4-9;/h3-8H,1-2H3,(H,13,14,15);1H.